The summed E-state index contributed by atoms with van der Waals surface area (Å²) >= 11 is 0. The van der Waals surface area contributed by atoms with Gasteiger partial charge in [-0.05, 0) is 17.5 Å². The second kappa shape index (κ2) is 3.88. The lowest BCUT2D eigenvalue weighted by Gasteiger charge is -2.37. The van der Waals surface area contributed by atoms with Crippen LogP contribution in [0.15, 0.2) is 18.3 Å². The summed E-state index contributed by atoms with van der Waals surface area (Å²) in [5.41, 5.74) is 1.61. The van der Waals surface area contributed by atoms with Gasteiger partial charge >= 0.3 is 0 Å². The maximum atomic E-state index is 10.7. The van der Waals surface area contributed by atoms with Crippen molar-refractivity contribution in [3.63, 3.8) is 0 Å². The Balaban J connectivity index is 2.05. The first-order valence-corrected chi connectivity index (χ1v) is 4.91. The normalized spacial score (nSPS) is 17.8. The van der Waals surface area contributed by atoms with E-state index in [1.807, 2.05) is 12.1 Å². The third-order valence-electron chi connectivity index (χ3n) is 2.57. The number of rotatable bonds is 3. The molecule has 0 saturated carbocycles. The molecule has 0 unspecified atom stereocenters. The molecule has 0 aromatic carbocycles. The molecular weight excluding hydrogens is 176 g/mol. The van der Waals surface area contributed by atoms with Crippen molar-refractivity contribution in [1.29, 1.82) is 0 Å². The standard InChI is InChI=1S/C11H14N2O/c1-9-5-13(6-9)7-10-3-2-4-12-11(10)8-14/h2-4,8-9H,5-7H2,1H3. The predicted octanol–water partition coefficient (Wildman–Crippen LogP) is 1.35. The van der Waals surface area contributed by atoms with Crippen LogP contribution in [0.4, 0.5) is 0 Å². The summed E-state index contributed by atoms with van der Waals surface area (Å²) in [6.07, 6.45) is 2.49. The first kappa shape index (κ1) is 9.34. The third-order valence-corrected chi connectivity index (χ3v) is 2.57. The van der Waals surface area contributed by atoms with Crippen molar-refractivity contribution < 1.29 is 4.79 Å². The van der Waals surface area contributed by atoms with Crippen molar-refractivity contribution in [2.45, 2.75) is 13.5 Å². The van der Waals surface area contributed by atoms with Gasteiger partial charge in [-0.1, -0.05) is 13.0 Å². The molecule has 1 aromatic heterocycles. The Morgan fingerprint density at radius 2 is 2.43 bits per heavy atom. The molecule has 0 aliphatic carbocycles. The molecule has 3 nitrogen and oxygen atoms in total. The van der Waals surface area contributed by atoms with Gasteiger partial charge in [0.15, 0.2) is 6.29 Å². The average molecular weight is 190 g/mol. The number of hydrogen-bond donors (Lipinski definition) is 0. The Bertz CT molecular complexity index is 332. The lowest BCUT2D eigenvalue weighted by Crippen LogP contribution is -2.44. The summed E-state index contributed by atoms with van der Waals surface area (Å²) in [6, 6.07) is 3.85. The van der Waals surface area contributed by atoms with E-state index in [2.05, 4.69) is 16.8 Å². The summed E-state index contributed by atoms with van der Waals surface area (Å²) in [5.74, 6) is 0.798. The first-order valence-electron chi connectivity index (χ1n) is 4.91. The molecule has 0 N–H and O–H groups in total. The van der Waals surface area contributed by atoms with Gasteiger partial charge in [0.05, 0.1) is 0 Å². The van der Waals surface area contributed by atoms with Crippen LogP contribution in [-0.4, -0.2) is 29.3 Å². The highest BCUT2D eigenvalue weighted by atomic mass is 16.1. The molecular formula is C11H14N2O. The van der Waals surface area contributed by atoms with E-state index < -0.39 is 0 Å². The second-order valence-corrected chi connectivity index (χ2v) is 3.96. The zero-order chi connectivity index (χ0) is 9.97. The number of carbonyl (C=O) groups is 1. The van der Waals surface area contributed by atoms with Crippen LogP contribution in [-0.2, 0) is 6.54 Å². The highest BCUT2D eigenvalue weighted by Gasteiger charge is 2.22. The van der Waals surface area contributed by atoms with Gasteiger partial charge in [0, 0.05) is 25.8 Å². The molecule has 0 bridgehead atoms. The lowest BCUT2D eigenvalue weighted by molar-refractivity contribution is 0.103. The van der Waals surface area contributed by atoms with Crippen molar-refractivity contribution in [3.8, 4) is 0 Å². The molecule has 0 spiro atoms. The molecule has 0 atom stereocenters. The molecule has 1 aliphatic heterocycles. The van der Waals surface area contributed by atoms with Gasteiger partial charge < -0.3 is 0 Å². The van der Waals surface area contributed by atoms with Gasteiger partial charge in [0.1, 0.15) is 5.69 Å². The van der Waals surface area contributed by atoms with E-state index in [-0.39, 0.29) is 0 Å². The molecule has 1 aliphatic rings. The zero-order valence-corrected chi connectivity index (χ0v) is 8.31. The van der Waals surface area contributed by atoms with Gasteiger partial charge in [-0.3, -0.25) is 14.7 Å². The smallest absolute Gasteiger partial charge is 0.168 e. The molecule has 74 valence electrons. The van der Waals surface area contributed by atoms with Gasteiger partial charge in [0.25, 0.3) is 0 Å². The van der Waals surface area contributed by atoms with E-state index >= 15 is 0 Å². The fraction of sp³-hybridized carbons (Fsp3) is 0.455. The molecule has 1 saturated heterocycles. The lowest BCUT2D eigenvalue weighted by atomic mass is 10.0. The maximum Gasteiger partial charge on any atom is 0.168 e. The summed E-state index contributed by atoms with van der Waals surface area (Å²) in [6.45, 7) is 5.35. The third kappa shape index (κ3) is 1.82. The largest absolute Gasteiger partial charge is 0.298 e. The number of aromatic nitrogens is 1. The Morgan fingerprint density at radius 3 is 3.07 bits per heavy atom. The van der Waals surface area contributed by atoms with Crippen LogP contribution in [0.2, 0.25) is 0 Å². The van der Waals surface area contributed by atoms with Gasteiger partial charge in [-0.15, -0.1) is 0 Å². The van der Waals surface area contributed by atoms with Crippen LogP contribution in [0.3, 0.4) is 0 Å². The Kier molecular flexibility index (Phi) is 2.59. The number of carbonyl (C=O) groups excluding carboxylic acids is 1. The second-order valence-electron chi connectivity index (χ2n) is 3.96. The van der Waals surface area contributed by atoms with Crippen molar-refractivity contribution in [1.82, 2.24) is 9.88 Å². The molecule has 0 radical (unpaired) electrons. The first-order chi connectivity index (χ1) is 6.79. The number of nitrogens with zero attached hydrogens (tertiary/aromatic N) is 2. The Hall–Kier alpha value is -1.22. The van der Waals surface area contributed by atoms with Crippen LogP contribution in [0.1, 0.15) is 23.0 Å². The quantitative estimate of drug-likeness (QED) is 0.674. The molecule has 3 heteroatoms. The number of hydrogen-bond acceptors (Lipinski definition) is 3. The minimum Gasteiger partial charge on any atom is -0.298 e. The topological polar surface area (TPSA) is 33.2 Å². The van der Waals surface area contributed by atoms with Crippen molar-refractivity contribution in [2.75, 3.05) is 13.1 Å². The zero-order valence-electron chi connectivity index (χ0n) is 8.31. The Labute approximate surface area is 83.8 Å². The fourth-order valence-electron chi connectivity index (χ4n) is 1.89. The van der Waals surface area contributed by atoms with Gasteiger partial charge in [-0.2, -0.15) is 0 Å². The maximum absolute atomic E-state index is 10.7. The monoisotopic (exact) mass is 190 g/mol. The number of likely N-dealkylation sites (tertiary alicyclic amines) is 1. The summed E-state index contributed by atoms with van der Waals surface area (Å²) in [5, 5.41) is 0. The van der Waals surface area contributed by atoms with Crippen LogP contribution in [0.5, 0.6) is 0 Å². The molecule has 1 aromatic rings. The Morgan fingerprint density at radius 1 is 1.64 bits per heavy atom. The summed E-state index contributed by atoms with van der Waals surface area (Å²) in [7, 11) is 0. The van der Waals surface area contributed by atoms with E-state index in [1.165, 1.54) is 0 Å². The fourth-order valence-corrected chi connectivity index (χ4v) is 1.89. The van der Waals surface area contributed by atoms with Crippen LogP contribution >= 0.6 is 0 Å². The SMILES string of the molecule is CC1CN(Cc2cccnc2C=O)C1. The minimum atomic E-state index is 0.576. The van der Waals surface area contributed by atoms with Crippen LogP contribution < -0.4 is 0 Å². The van der Waals surface area contributed by atoms with Crippen molar-refractivity contribution in [2.24, 2.45) is 5.92 Å². The van der Waals surface area contributed by atoms with E-state index in [9.17, 15) is 4.79 Å². The highest BCUT2D eigenvalue weighted by Crippen LogP contribution is 2.18. The number of pyridine rings is 1. The van der Waals surface area contributed by atoms with Crippen molar-refractivity contribution in [3.05, 3.63) is 29.6 Å². The molecule has 2 rings (SSSR count). The van der Waals surface area contributed by atoms with E-state index in [0.717, 1.165) is 37.4 Å². The number of aldehydes is 1. The van der Waals surface area contributed by atoms with E-state index in [1.54, 1.807) is 6.20 Å². The summed E-state index contributed by atoms with van der Waals surface area (Å²) in [4.78, 5) is 17.1. The predicted molar refractivity (Wildman–Crippen MR) is 54.1 cm³/mol. The highest BCUT2D eigenvalue weighted by molar-refractivity contribution is 5.73. The van der Waals surface area contributed by atoms with Crippen LogP contribution in [0.25, 0.3) is 0 Å². The van der Waals surface area contributed by atoms with E-state index in [4.69, 9.17) is 0 Å². The molecule has 0 amide bonds. The minimum absolute atomic E-state index is 0.576. The molecule has 14 heavy (non-hydrogen) atoms. The van der Waals surface area contributed by atoms with Gasteiger partial charge in [-0.25, -0.2) is 0 Å². The average Bonchev–Trinajstić information content (AvgIpc) is 2.16. The molecule has 1 fully saturated rings. The van der Waals surface area contributed by atoms with E-state index in [0.29, 0.717) is 5.69 Å². The molecule has 2 heterocycles. The van der Waals surface area contributed by atoms with Gasteiger partial charge in [0.2, 0.25) is 0 Å². The van der Waals surface area contributed by atoms with Crippen LogP contribution in [0, 0.1) is 5.92 Å². The van der Waals surface area contributed by atoms with Crippen molar-refractivity contribution >= 4 is 6.29 Å². The summed E-state index contributed by atoms with van der Waals surface area (Å²) < 4.78 is 0.